The lowest BCUT2D eigenvalue weighted by molar-refractivity contribution is -0.140. The maximum atomic E-state index is 13.8. The summed E-state index contributed by atoms with van der Waals surface area (Å²) in [6.07, 6.45) is -3.17. The van der Waals surface area contributed by atoms with E-state index >= 15 is 0 Å². The van der Waals surface area contributed by atoms with E-state index in [-0.39, 0.29) is 12.8 Å². The minimum absolute atomic E-state index is 0.191. The highest BCUT2D eigenvalue weighted by Crippen LogP contribution is 2.12. The maximum Gasteiger partial charge on any atom is 0.305 e. The average Bonchev–Trinajstić information content (AvgIpc) is 3.21. The molecule has 26 heteroatoms. The van der Waals surface area contributed by atoms with Gasteiger partial charge >= 0.3 is 5.97 Å². The van der Waals surface area contributed by atoms with Gasteiger partial charge in [-0.15, -0.1) is 0 Å². The quantitative estimate of drug-likeness (QED) is 0.0288. The summed E-state index contributed by atoms with van der Waals surface area (Å²) >= 11 is 0. The Labute approximate surface area is 383 Å². The van der Waals surface area contributed by atoms with Crippen molar-refractivity contribution in [3.05, 3.63) is 0 Å². The van der Waals surface area contributed by atoms with E-state index in [9.17, 15) is 63.0 Å². The van der Waals surface area contributed by atoms with Crippen LogP contribution in [0.1, 0.15) is 93.9 Å². The van der Waals surface area contributed by atoms with Crippen molar-refractivity contribution in [2.75, 3.05) is 13.1 Å². The molecule has 0 aliphatic heterocycles. The molecule has 0 bridgehead atoms. The van der Waals surface area contributed by atoms with Crippen LogP contribution < -0.4 is 65.5 Å². The van der Waals surface area contributed by atoms with Crippen LogP contribution in [0.2, 0.25) is 0 Å². The van der Waals surface area contributed by atoms with Gasteiger partial charge in [0.05, 0.1) is 37.6 Å². The molecule has 0 spiro atoms. The van der Waals surface area contributed by atoms with Gasteiger partial charge in [-0.05, 0) is 57.4 Å². The van der Waals surface area contributed by atoms with Crippen LogP contribution in [0.25, 0.3) is 0 Å². The minimum atomic E-state index is -1.77. The zero-order valence-electron chi connectivity index (χ0n) is 38.8. The fraction of sp³-hybridized carbons (Fsp3) is 0.725. The van der Waals surface area contributed by atoms with Crippen molar-refractivity contribution >= 4 is 65.0 Å². The number of unbranched alkanes of at least 4 members (excludes halogenated alkanes) is 1. The Morgan fingerprint density at radius 3 is 1.36 bits per heavy atom. The summed E-state index contributed by atoms with van der Waals surface area (Å²) in [5.74, 6) is -13.1. The second-order valence-corrected chi connectivity index (χ2v) is 16.7. The van der Waals surface area contributed by atoms with Crippen LogP contribution in [-0.2, 0) is 52.7 Å². The summed E-state index contributed by atoms with van der Waals surface area (Å²) in [7, 11) is 0. The van der Waals surface area contributed by atoms with Crippen molar-refractivity contribution in [3.8, 4) is 0 Å². The van der Waals surface area contributed by atoms with E-state index in [0.717, 1.165) is 6.92 Å². The molecular formula is C40H72N12O14. The molecular weight excluding hydrogens is 873 g/mol. The number of amides is 10. The van der Waals surface area contributed by atoms with Crippen LogP contribution in [0.15, 0.2) is 0 Å². The molecule has 0 saturated heterocycles. The third-order valence-corrected chi connectivity index (χ3v) is 10.2. The second kappa shape index (κ2) is 29.5. The van der Waals surface area contributed by atoms with Crippen LogP contribution in [0.3, 0.4) is 0 Å². The Morgan fingerprint density at radius 1 is 0.530 bits per heavy atom. The predicted molar refractivity (Wildman–Crippen MR) is 235 cm³/mol. The van der Waals surface area contributed by atoms with Crippen molar-refractivity contribution in [3.63, 3.8) is 0 Å². The first-order valence-corrected chi connectivity index (χ1v) is 21.6. The number of nitrogens with two attached hydrogens (primary N) is 4. The Bertz CT molecular complexity index is 1710. The first-order chi connectivity index (χ1) is 30.6. The number of carboxylic acid groups (broad SMARTS) is 1. The fourth-order valence-corrected chi connectivity index (χ4v) is 6.08. The molecule has 10 amide bonds. The van der Waals surface area contributed by atoms with Crippen molar-refractivity contribution in [1.82, 2.24) is 42.5 Å². The lowest BCUT2D eigenvalue weighted by Gasteiger charge is -2.31. The van der Waals surface area contributed by atoms with Gasteiger partial charge in [-0.25, -0.2) is 0 Å². The molecule has 0 aliphatic rings. The third-order valence-electron chi connectivity index (χ3n) is 10.2. The number of rotatable bonds is 31. The molecule has 376 valence electrons. The van der Waals surface area contributed by atoms with Crippen LogP contribution in [-0.4, -0.2) is 154 Å². The van der Waals surface area contributed by atoms with E-state index in [0.29, 0.717) is 19.4 Å². The average molecular weight is 945 g/mol. The molecule has 0 aromatic rings. The third kappa shape index (κ3) is 21.3. The Morgan fingerprint density at radius 2 is 0.955 bits per heavy atom. The summed E-state index contributed by atoms with van der Waals surface area (Å²) in [5, 5.41) is 49.0. The Hall–Kier alpha value is -5.99. The summed E-state index contributed by atoms with van der Waals surface area (Å²) < 4.78 is 0. The summed E-state index contributed by atoms with van der Waals surface area (Å²) in [6.45, 7) is 11.3. The number of hydrogen-bond acceptors (Lipinski definition) is 15. The number of aliphatic hydroxyl groups is 2. The van der Waals surface area contributed by atoms with Crippen molar-refractivity contribution in [2.45, 2.75) is 154 Å². The molecule has 66 heavy (non-hydrogen) atoms. The van der Waals surface area contributed by atoms with Gasteiger partial charge in [0.25, 0.3) is 0 Å². The molecule has 0 fully saturated rings. The number of aliphatic hydroxyl groups excluding tert-OH is 2. The van der Waals surface area contributed by atoms with E-state index in [4.69, 9.17) is 28.0 Å². The molecule has 0 heterocycles. The minimum Gasteiger partial charge on any atom is -0.481 e. The van der Waals surface area contributed by atoms with Gasteiger partial charge in [-0.2, -0.15) is 0 Å². The molecule has 19 N–H and O–H groups in total. The van der Waals surface area contributed by atoms with E-state index in [1.165, 1.54) is 20.8 Å². The summed E-state index contributed by atoms with van der Waals surface area (Å²) in [5.41, 5.74) is 21.8. The number of carbonyl (C=O) groups is 11. The van der Waals surface area contributed by atoms with Crippen molar-refractivity contribution in [2.24, 2.45) is 40.7 Å². The van der Waals surface area contributed by atoms with Crippen molar-refractivity contribution < 1.29 is 68.1 Å². The fourth-order valence-electron chi connectivity index (χ4n) is 6.08. The maximum absolute atomic E-state index is 13.8. The molecule has 0 aromatic heterocycles. The van der Waals surface area contributed by atoms with Crippen LogP contribution in [0.5, 0.6) is 0 Å². The van der Waals surface area contributed by atoms with Crippen LogP contribution in [0, 0.1) is 17.8 Å². The smallest absolute Gasteiger partial charge is 0.305 e. The largest absolute Gasteiger partial charge is 0.481 e. The summed E-state index contributed by atoms with van der Waals surface area (Å²) in [4.78, 5) is 141. The summed E-state index contributed by atoms with van der Waals surface area (Å²) in [6, 6.07) is -12.0. The molecule has 0 unspecified atom stereocenters. The van der Waals surface area contributed by atoms with Gasteiger partial charge in [0.2, 0.25) is 59.1 Å². The predicted octanol–water partition coefficient (Wildman–Crippen LogP) is -6.09. The number of primary amides is 2. The SMILES string of the molecule is CC[C@H](C)[C@H](NC(=O)[C@@H](NC(=O)[C@@H](NC(=O)[C@@H](N)CC(=O)O)C(C)C)[C@@H](C)O)C(=O)N[C@H](C(=O)N[C@H](C(=O)N[C@@H](CC(N)=O)C(=O)NCC(=O)N[C@@H](CCCCN)C(N)=O)C(C)C)[C@@H](C)O. The standard InChI is InChI=1S/C40H72N12O14/c1-9-19(6)30(50-40(66)32(21(8)54)51-37(63)29(18(4)5)48-34(60)22(42)14-27(57)58)38(64)52-31(20(7)53)39(65)49-28(17(2)3)36(62)47-24(15-25(43)55)35(61)45-16-26(56)46-23(33(44)59)12-10-11-13-41/h17-24,28-32,53-54H,9-16,41-42H2,1-8H3,(H2,43,55)(H2,44,59)(H,45,61)(H,46,56)(H,47,62)(H,48,60)(H,49,65)(H,50,66)(H,51,63)(H,52,64)(H,57,58)/t19-,20+,21+,22-,23-,24-,28-,29-,30-,31-,32-/m0/s1. The normalized spacial score (nSPS) is 16.2. The van der Waals surface area contributed by atoms with E-state index in [1.807, 2.05) is 0 Å². The number of carbonyl (C=O) groups excluding carboxylic acids is 10. The number of nitrogens with one attached hydrogen (secondary N) is 8. The van der Waals surface area contributed by atoms with Crippen LogP contribution in [0.4, 0.5) is 0 Å². The van der Waals surface area contributed by atoms with Gasteiger partial charge in [0, 0.05) is 0 Å². The van der Waals surface area contributed by atoms with Crippen molar-refractivity contribution in [1.29, 1.82) is 0 Å². The molecule has 0 saturated carbocycles. The van der Waals surface area contributed by atoms with Gasteiger partial charge in [-0.1, -0.05) is 48.0 Å². The van der Waals surface area contributed by atoms with E-state index in [1.54, 1.807) is 27.7 Å². The highest BCUT2D eigenvalue weighted by molar-refractivity contribution is 5.99. The van der Waals surface area contributed by atoms with Gasteiger partial charge in [0.15, 0.2) is 0 Å². The lowest BCUT2D eigenvalue weighted by atomic mass is 9.96. The Kier molecular flexibility index (Phi) is 26.8. The Balaban J connectivity index is 6.18. The monoisotopic (exact) mass is 945 g/mol. The molecule has 0 aromatic carbocycles. The number of hydrogen-bond donors (Lipinski definition) is 15. The second-order valence-electron chi connectivity index (χ2n) is 16.7. The molecule has 26 nitrogen and oxygen atoms in total. The zero-order chi connectivity index (χ0) is 51.2. The van der Waals surface area contributed by atoms with Gasteiger partial charge in [0.1, 0.15) is 42.3 Å². The van der Waals surface area contributed by atoms with Crippen LogP contribution >= 0.6 is 0 Å². The van der Waals surface area contributed by atoms with E-state index < -0.39 is 163 Å². The van der Waals surface area contributed by atoms with E-state index in [2.05, 4.69) is 42.5 Å². The van der Waals surface area contributed by atoms with Gasteiger partial charge < -0.3 is 80.8 Å². The zero-order valence-corrected chi connectivity index (χ0v) is 38.8. The topological polar surface area (TPSA) is 449 Å². The molecule has 0 radical (unpaired) electrons. The van der Waals surface area contributed by atoms with Gasteiger partial charge in [-0.3, -0.25) is 52.7 Å². The number of carboxylic acids is 1. The lowest BCUT2D eigenvalue weighted by Crippen LogP contribution is -2.64. The molecule has 0 aliphatic carbocycles. The molecule has 11 atom stereocenters. The number of aliphatic carboxylic acids is 1. The highest BCUT2D eigenvalue weighted by atomic mass is 16.4. The molecule has 0 rings (SSSR count). The highest BCUT2D eigenvalue weighted by Gasteiger charge is 2.38. The first-order valence-electron chi connectivity index (χ1n) is 21.6. The first kappa shape index (κ1) is 60.0.